The summed E-state index contributed by atoms with van der Waals surface area (Å²) >= 11 is 0. The van der Waals surface area contributed by atoms with Gasteiger partial charge >= 0.3 is 0 Å². The lowest BCUT2D eigenvalue weighted by Crippen LogP contribution is -2.30. The number of anilines is 2. The van der Waals surface area contributed by atoms with Gasteiger partial charge in [0.15, 0.2) is 5.78 Å². The highest BCUT2D eigenvalue weighted by atomic mass is 16.1. The minimum absolute atomic E-state index is 0.0435. The van der Waals surface area contributed by atoms with E-state index in [1.54, 1.807) is 24.3 Å². The monoisotopic (exact) mass is 295 g/mol. The van der Waals surface area contributed by atoms with Gasteiger partial charge < -0.3 is 4.90 Å². The second kappa shape index (κ2) is 7.24. The zero-order valence-corrected chi connectivity index (χ0v) is 12.5. The molecule has 6 heteroatoms. The zero-order valence-electron chi connectivity index (χ0n) is 12.5. The van der Waals surface area contributed by atoms with Crippen LogP contribution in [0.15, 0.2) is 23.3 Å². The lowest BCUT2D eigenvalue weighted by atomic mass is 10.1. The van der Waals surface area contributed by atoms with Crippen LogP contribution in [-0.2, 0) is 0 Å². The van der Waals surface area contributed by atoms with E-state index in [4.69, 9.17) is 10.5 Å². The van der Waals surface area contributed by atoms with Gasteiger partial charge in [-0.3, -0.25) is 10.2 Å². The van der Waals surface area contributed by atoms with Crippen molar-refractivity contribution in [2.24, 2.45) is 5.10 Å². The Bertz CT molecular complexity index is 659. The Kier molecular flexibility index (Phi) is 5.11. The Morgan fingerprint density at radius 1 is 1.23 bits per heavy atom. The molecule has 2 rings (SSSR count). The number of nitrogens with one attached hydrogen (secondary N) is 1. The number of carbonyl (C=O) groups is 1. The molecule has 0 bridgehead atoms. The fourth-order valence-electron chi connectivity index (χ4n) is 2.45. The van der Waals surface area contributed by atoms with Crippen molar-refractivity contribution in [1.82, 2.24) is 0 Å². The zero-order chi connectivity index (χ0) is 15.9. The predicted molar refractivity (Wildman–Crippen MR) is 84.8 cm³/mol. The summed E-state index contributed by atoms with van der Waals surface area (Å²) in [5.41, 5.74) is 4.64. The van der Waals surface area contributed by atoms with Gasteiger partial charge in [0.1, 0.15) is 12.1 Å². The van der Waals surface area contributed by atoms with Crippen LogP contribution in [0.1, 0.15) is 36.5 Å². The maximum Gasteiger partial charge on any atom is 0.237 e. The van der Waals surface area contributed by atoms with E-state index in [0.29, 0.717) is 11.3 Å². The minimum atomic E-state index is -0.252. The largest absolute Gasteiger partial charge is 0.370 e. The molecule has 0 amide bonds. The van der Waals surface area contributed by atoms with Crippen LogP contribution in [0, 0.1) is 22.7 Å². The minimum Gasteiger partial charge on any atom is -0.370 e. The average molecular weight is 295 g/mol. The van der Waals surface area contributed by atoms with Crippen LogP contribution < -0.4 is 10.3 Å². The number of carbonyl (C=O) groups excluding carboxylic acids is 1. The first-order chi connectivity index (χ1) is 10.7. The number of ketones is 1. The van der Waals surface area contributed by atoms with E-state index >= 15 is 0 Å². The van der Waals surface area contributed by atoms with E-state index < -0.39 is 0 Å². The summed E-state index contributed by atoms with van der Waals surface area (Å²) in [4.78, 5) is 13.8. The molecule has 1 aliphatic heterocycles. The molecule has 1 aromatic carbocycles. The Balaban J connectivity index is 2.36. The molecule has 112 valence electrons. The van der Waals surface area contributed by atoms with Crippen LogP contribution in [-0.4, -0.2) is 24.6 Å². The van der Waals surface area contributed by atoms with Gasteiger partial charge in [-0.1, -0.05) is 0 Å². The van der Waals surface area contributed by atoms with E-state index in [-0.39, 0.29) is 11.5 Å². The summed E-state index contributed by atoms with van der Waals surface area (Å²) in [6, 6.07) is 8.79. The maximum absolute atomic E-state index is 11.6. The van der Waals surface area contributed by atoms with Crippen LogP contribution in [0.2, 0.25) is 0 Å². The number of nitriles is 2. The highest BCUT2D eigenvalue weighted by molar-refractivity contribution is 6.10. The Hall–Kier alpha value is -2.86. The number of hydrogen-bond donors (Lipinski definition) is 1. The van der Waals surface area contributed by atoms with Gasteiger partial charge in [0.2, 0.25) is 5.71 Å². The summed E-state index contributed by atoms with van der Waals surface area (Å²) in [5.74, 6) is -0.0435. The van der Waals surface area contributed by atoms with Crippen LogP contribution in [0.25, 0.3) is 0 Å². The first kappa shape index (κ1) is 15.5. The summed E-state index contributed by atoms with van der Waals surface area (Å²) in [7, 11) is 0. The van der Waals surface area contributed by atoms with Gasteiger partial charge in [0.05, 0.1) is 11.4 Å². The van der Waals surface area contributed by atoms with Crippen LogP contribution in [0.5, 0.6) is 0 Å². The molecule has 0 spiro atoms. The molecule has 1 saturated heterocycles. The van der Waals surface area contributed by atoms with Crippen LogP contribution in [0.4, 0.5) is 11.4 Å². The first-order valence-electron chi connectivity index (χ1n) is 7.19. The van der Waals surface area contributed by atoms with Gasteiger partial charge in [-0.25, -0.2) is 0 Å². The number of hydrogen-bond acceptors (Lipinski definition) is 6. The number of rotatable bonds is 4. The van der Waals surface area contributed by atoms with Crippen molar-refractivity contribution < 1.29 is 4.79 Å². The number of nitrogens with zero attached hydrogens (tertiary/aromatic N) is 4. The SMILES string of the molecule is CC(=O)c1ccc(N2CCCCC2)c(NN=C(C#N)C#N)c1. The van der Waals surface area contributed by atoms with Crippen molar-refractivity contribution in [2.45, 2.75) is 26.2 Å². The van der Waals surface area contributed by atoms with Gasteiger partial charge in [-0.15, -0.1) is 0 Å². The Morgan fingerprint density at radius 3 is 2.50 bits per heavy atom. The van der Waals surface area contributed by atoms with E-state index in [1.807, 2.05) is 6.07 Å². The predicted octanol–water partition coefficient (Wildman–Crippen LogP) is 2.69. The van der Waals surface area contributed by atoms with E-state index in [1.165, 1.54) is 13.3 Å². The number of Topliss-reactive ketones (excluding diaryl/α,β-unsaturated/α-hetero) is 1. The maximum atomic E-state index is 11.6. The van der Waals surface area contributed by atoms with Crippen molar-refractivity contribution in [3.05, 3.63) is 23.8 Å². The van der Waals surface area contributed by atoms with Crippen LogP contribution in [0.3, 0.4) is 0 Å². The third-order valence-electron chi connectivity index (χ3n) is 3.60. The summed E-state index contributed by atoms with van der Waals surface area (Å²) in [6.45, 7) is 3.39. The molecule has 22 heavy (non-hydrogen) atoms. The Morgan fingerprint density at radius 2 is 1.91 bits per heavy atom. The molecule has 0 aromatic heterocycles. The quantitative estimate of drug-likeness (QED) is 0.523. The third-order valence-corrected chi connectivity index (χ3v) is 3.60. The van der Waals surface area contributed by atoms with Crippen molar-refractivity contribution in [3.63, 3.8) is 0 Å². The Labute approximate surface area is 129 Å². The summed E-state index contributed by atoms with van der Waals surface area (Å²) < 4.78 is 0. The normalized spacial score (nSPS) is 13.7. The molecule has 0 saturated carbocycles. The van der Waals surface area contributed by atoms with Crippen molar-refractivity contribution >= 4 is 22.9 Å². The molecule has 1 aromatic rings. The fraction of sp³-hybridized carbons (Fsp3) is 0.375. The van der Waals surface area contributed by atoms with Crippen LogP contribution >= 0.6 is 0 Å². The molecular weight excluding hydrogens is 278 g/mol. The fourth-order valence-corrected chi connectivity index (χ4v) is 2.45. The lowest BCUT2D eigenvalue weighted by molar-refractivity contribution is 0.101. The third kappa shape index (κ3) is 3.62. The van der Waals surface area contributed by atoms with Crippen molar-refractivity contribution in [3.8, 4) is 12.1 Å². The number of benzene rings is 1. The molecule has 1 N–H and O–H groups in total. The molecule has 1 heterocycles. The lowest BCUT2D eigenvalue weighted by Gasteiger charge is -2.30. The molecule has 6 nitrogen and oxygen atoms in total. The second-order valence-corrected chi connectivity index (χ2v) is 5.13. The van der Waals surface area contributed by atoms with Gasteiger partial charge in [-0.2, -0.15) is 15.6 Å². The topological polar surface area (TPSA) is 92.3 Å². The second-order valence-electron chi connectivity index (χ2n) is 5.13. The smallest absolute Gasteiger partial charge is 0.237 e. The molecule has 0 radical (unpaired) electrons. The molecule has 1 aliphatic rings. The van der Waals surface area contributed by atoms with Gasteiger partial charge in [-0.05, 0) is 44.4 Å². The number of hydrazone groups is 1. The van der Waals surface area contributed by atoms with Gasteiger partial charge in [0, 0.05) is 18.7 Å². The van der Waals surface area contributed by atoms with E-state index in [9.17, 15) is 4.79 Å². The number of piperidine rings is 1. The molecular formula is C16H17N5O. The summed E-state index contributed by atoms with van der Waals surface area (Å²) in [6.07, 6.45) is 3.47. The first-order valence-corrected chi connectivity index (χ1v) is 7.19. The van der Waals surface area contributed by atoms with E-state index in [2.05, 4.69) is 15.4 Å². The molecule has 1 fully saturated rings. The molecule has 0 unspecified atom stereocenters. The molecule has 0 atom stereocenters. The standard InChI is InChI=1S/C16H17N5O/c1-12(22)13-5-6-16(21-7-3-2-4-8-21)15(9-13)20-19-14(10-17)11-18/h5-6,9,20H,2-4,7-8H2,1H3. The van der Waals surface area contributed by atoms with Crippen molar-refractivity contribution in [1.29, 1.82) is 10.5 Å². The highest BCUT2D eigenvalue weighted by Crippen LogP contribution is 2.30. The molecule has 0 aliphatic carbocycles. The summed E-state index contributed by atoms with van der Waals surface area (Å²) in [5, 5.41) is 21.3. The average Bonchev–Trinajstić information content (AvgIpc) is 2.56. The van der Waals surface area contributed by atoms with E-state index in [0.717, 1.165) is 31.6 Å². The highest BCUT2D eigenvalue weighted by Gasteiger charge is 2.16. The van der Waals surface area contributed by atoms with Gasteiger partial charge in [0.25, 0.3) is 0 Å². The van der Waals surface area contributed by atoms with Crippen molar-refractivity contribution in [2.75, 3.05) is 23.4 Å².